The summed E-state index contributed by atoms with van der Waals surface area (Å²) >= 11 is 0. The number of unbranched alkanes of at least 4 members (excludes halogenated alkanes) is 15. The zero-order chi connectivity index (χ0) is 32.6. The Morgan fingerprint density at radius 2 is 1.07 bits per heavy atom. The molecule has 0 spiro atoms. The molecule has 0 aromatic heterocycles. The Morgan fingerprint density at radius 3 is 1.64 bits per heavy atom. The highest BCUT2D eigenvalue weighted by Crippen LogP contribution is 2.30. The largest absolute Gasteiger partial charge is 0.463 e. The topological polar surface area (TPSA) is 85.4 Å². The van der Waals surface area contributed by atoms with Crippen LogP contribution in [-0.2, 0) is 23.8 Å². The smallest absolute Gasteiger partial charge is 0.305 e. The summed E-state index contributed by atoms with van der Waals surface area (Å²) in [5.74, 6) is -0.632. The van der Waals surface area contributed by atoms with Gasteiger partial charge in [0.25, 0.3) is 0 Å². The maximum Gasteiger partial charge on any atom is 0.305 e. The number of ether oxygens (including phenoxy) is 3. The van der Waals surface area contributed by atoms with Crippen molar-refractivity contribution in [2.75, 3.05) is 13.2 Å². The fraction of sp³-hybridized carbons (Fsp3) is 0.795. The molecule has 0 amide bonds. The van der Waals surface area contributed by atoms with E-state index < -0.39 is 6.10 Å². The fourth-order valence-electron chi connectivity index (χ4n) is 5.35. The van der Waals surface area contributed by atoms with Crippen LogP contribution in [0.25, 0.3) is 0 Å². The number of epoxide rings is 1. The second-order valence-corrected chi connectivity index (χ2v) is 12.7. The van der Waals surface area contributed by atoms with Crippen LogP contribution in [0.5, 0.6) is 0 Å². The first-order valence-corrected chi connectivity index (χ1v) is 18.7. The van der Waals surface area contributed by atoms with E-state index in [4.69, 9.17) is 14.2 Å². The maximum absolute atomic E-state index is 11.9. The van der Waals surface area contributed by atoms with Gasteiger partial charge in [-0.2, -0.15) is 0 Å². The normalized spacial score (nSPS) is 17.0. The molecule has 1 N–H and O–H groups in total. The van der Waals surface area contributed by atoms with Crippen LogP contribution in [-0.4, -0.2) is 48.6 Å². The Hall–Kier alpha value is -1.92. The molecule has 6 heteroatoms. The molecule has 1 rings (SSSR count). The quantitative estimate of drug-likeness (QED) is 0.0344. The van der Waals surface area contributed by atoms with Crippen molar-refractivity contribution >= 4 is 11.9 Å². The van der Waals surface area contributed by atoms with E-state index in [9.17, 15) is 14.7 Å². The number of hydrogen-bond donors (Lipinski definition) is 1. The number of aliphatic hydroxyl groups excluding tert-OH is 1. The van der Waals surface area contributed by atoms with E-state index in [0.717, 1.165) is 44.9 Å². The van der Waals surface area contributed by atoms with Crippen LogP contribution >= 0.6 is 0 Å². The fourth-order valence-corrected chi connectivity index (χ4v) is 5.35. The minimum absolute atomic E-state index is 0.134. The first-order chi connectivity index (χ1) is 22.1. The van der Waals surface area contributed by atoms with Gasteiger partial charge in [0.2, 0.25) is 0 Å². The van der Waals surface area contributed by atoms with Gasteiger partial charge in [-0.05, 0) is 44.9 Å². The van der Waals surface area contributed by atoms with Gasteiger partial charge in [0.15, 0.2) is 0 Å². The van der Waals surface area contributed by atoms with Gasteiger partial charge in [-0.3, -0.25) is 9.59 Å². The molecule has 0 bridgehead atoms. The monoisotopic (exact) mass is 633 g/mol. The Labute approximate surface area is 276 Å². The van der Waals surface area contributed by atoms with E-state index in [-0.39, 0.29) is 25.2 Å². The lowest BCUT2D eigenvalue weighted by molar-refractivity contribution is -0.152. The van der Waals surface area contributed by atoms with Gasteiger partial charge in [0.1, 0.15) is 19.3 Å². The Kier molecular flexibility index (Phi) is 28.1. The van der Waals surface area contributed by atoms with Crippen LogP contribution in [0.3, 0.4) is 0 Å². The molecule has 1 heterocycles. The van der Waals surface area contributed by atoms with Crippen LogP contribution in [0.15, 0.2) is 36.5 Å². The number of hydrogen-bond acceptors (Lipinski definition) is 6. The van der Waals surface area contributed by atoms with Crippen LogP contribution < -0.4 is 0 Å². The molecular weight excluding hydrogens is 564 g/mol. The summed E-state index contributed by atoms with van der Waals surface area (Å²) in [6.07, 6.45) is 39.4. The second kappa shape index (κ2) is 30.7. The lowest BCUT2D eigenvalue weighted by atomic mass is 10.0. The molecule has 0 aromatic rings. The molecule has 1 fully saturated rings. The summed E-state index contributed by atoms with van der Waals surface area (Å²) in [5.41, 5.74) is 0. The van der Waals surface area contributed by atoms with Gasteiger partial charge in [0.05, 0.1) is 12.2 Å². The lowest BCUT2D eigenvalue weighted by Gasteiger charge is -2.12. The zero-order valence-corrected chi connectivity index (χ0v) is 29.1. The third kappa shape index (κ3) is 28.1. The predicted molar refractivity (Wildman–Crippen MR) is 186 cm³/mol. The van der Waals surface area contributed by atoms with E-state index in [1.165, 1.54) is 89.9 Å². The van der Waals surface area contributed by atoms with E-state index in [1.807, 2.05) is 0 Å². The first-order valence-electron chi connectivity index (χ1n) is 18.7. The number of rotatable bonds is 32. The van der Waals surface area contributed by atoms with Crippen LogP contribution in [0.1, 0.15) is 168 Å². The van der Waals surface area contributed by atoms with Crippen molar-refractivity contribution in [2.24, 2.45) is 0 Å². The van der Waals surface area contributed by atoms with Crippen LogP contribution in [0, 0.1) is 0 Å². The van der Waals surface area contributed by atoms with Crippen molar-refractivity contribution < 1.29 is 28.9 Å². The van der Waals surface area contributed by atoms with E-state index >= 15 is 0 Å². The zero-order valence-electron chi connectivity index (χ0n) is 29.1. The highest BCUT2D eigenvalue weighted by molar-refractivity contribution is 5.69. The molecule has 0 aromatic carbocycles. The summed E-state index contributed by atoms with van der Waals surface area (Å²) in [6.45, 7) is 4.21. The Bertz CT molecular complexity index is 788. The predicted octanol–water partition coefficient (Wildman–Crippen LogP) is 10.3. The molecular formula is C39H68O6. The van der Waals surface area contributed by atoms with Crippen molar-refractivity contribution in [3.8, 4) is 0 Å². The van der Waals surface area contributed by atoms with Crippen molar-refractivity contribution in [1.82, 2.24) is 0 Å². The molecule has 6 nitrogen and oxygen atoms in total. The van der Waals surface area contributed by atoms with Crippen molar-refractivity contribution in [3.63, 3.8) is 0 Å². The third-order valence-electron chi connectivity index (χ3n) is 8.30. The minimum atomic E-state index is -0.986. The SMILES string of the molecule is CCCCCCCCCCCCCCCC(=O)OC[C@@H](O)COC(=O)CCC/C=C\C/C=C\C/C=C\CC1OC1CCCCC. The average molecular weight is 633 g/mol. The van der Waals surface area contributed by atoms with Gasteiger partial charge in [-0.1, -0.05) is 147 Å². The highest BCUT2D eigenvalue weighted by atomic mass is 16.6. The lowest BCUT2D eigenvalue weighted by Crippen LogP contribution is -2.25. The van der Waals surface area contributed by atoms with Crippen molar-refractivity contribution in [2.45, 2.75) is 186 Å². The van der Waals surface area contributed by atoms with Gasteiger partial charge in [-0.25, -0.2) is 0 Å². The number of aliphatic hydroxyl groups is 1. The van der Waals surface area contributed by atoms with Crippen LogP contribution in [0.4, 0.5) is 0 Å². The van der Waals surface area contributed by atoms with E-state index in [1.54, 1.807) is 0 Å². The first kappa shape index (κ1) is 41.1. The molecule has 1 aliphatic rings. The number of carbonyl (C=O) groups excluding carboxylic acids is 2. The molecule has 260 valence electrons. The Balaban J connectivity index is 1.86. The molecule has 0 radical (unpaired) electrons. The van der Waals surface area contributed by atoms with Gasteiger partial charge in [0, 0.05) is 12.8 Å². The molecule has 0 aliphatic carbocycles. The summed E-state index contributed by atoms with van der Waals surface area (Å²) in [5, 5.41) is 9.98. The number of carbonyl (C=O) groups is 2. The van der Waals surface area contributed by atoms with Crippen molar-refractivity contribution in [1.29, 1.82) is 0 Å². The summed E-state index contributed by atoms with van der Waals surface area (Å²) in [7, 11) is 0. The highest BCUT2D eigenvalue weighted by Gasteiger charge is 2.36. The van der Waals surface area contributed by atoms with E-state index in [2.05, 4.69) is 50.3 Å². The average Bonchev–Trinajstić information content (AvgIpc) is 3.79. The third-order valence-corrected chi connectivity index (χ3v) is 8.30. The minimum Gasteiger partial charge on any atom is -0.463 e. The van der Waals surface area contributed by atoms with Crippen LogP contribution in [0.2, 0.25) is 0 Å². The molecule has 2 unspecified atom stereocenters. The molecule has 45 heavy (non-hydrogen) atoms. The second-order valence-electron chi connectivity index (χ2n) is 12.7. The molecule has 1 aliphatic heterocycles. The molecule has 3 atom stereocenters. The summed E-state index contributed by atoms with van der Waals surface area (Å²) < 4.78 is 16.0. The van der Waals surface area contributed by atoms with Gasteiger partial charge >= 0.3 is 11.9 Å². The van der Waals surface area contributed by atoms with E-state index in [0.29, 0.717) is 31.5 Å². The van der Waals surface area contributed by atoms with Gasteiger partial charge < -0.3 is 19.3 Å². The standard InChI is InChI=1S/C39H68O6/c1-3-5-7-8-9-10-11-12-13-17-20-23-27-31-38(41)43-33-35(40)34-44-39(42)32-28-24-21-18-15-14-16-19-22-26-30-37-36(45-37)29-25-6-4-2/h14,16,18,21-22,26,35-37,40H,3-13,15,17,19-20,23-25,27-34H2,1-2H3/b16-14-,21-18-,26-22-/t35-,36?,37?/m1/s1. The maximum atomic E-state index is 11.9. The molecule has 1 saturated heterocycles. The summed E-state index contributed by atoms with van der Waals surface area (Å²) in [6, 6.07) is 0. The molecule has 0 saturated carbocycles. The van der Waals surface area contributed by atoms with Crippen molar-refractivity contribution in [3.05, 3.63) is 36.5 Å². The Morgan fingerprint density at radius 1 is 0.600 bits per heavy atom. The summed E-state index contributed by atoms with van der Waals surface area (Å²) in [4.78, 5) is 23.9. The number of esters is 2. The number of allylic oxidation sites excluding steroid dienone is 5. The van der Waals surface area contributed by atoms with Gasteiger partial charge in [-0.15, -0.1) is 0 Å².